The lowest BCUT2D eigenvalue weighted by Gasteiger charge is -2.29. The smallest absolute Gasteiger partial charge is 0.382 e. The van der Waals surface area contributed by atoms with E-state index in [1.165, 1.54) is 0 Å². The van der Waals surface area contributed by atoms with Gasteiger partial charge in [0.05, 0.1) is 0 Å². The fourth-order valence-electron chi connectivity index (χ4n) is 2.53. The highest BCUT2D eigenvalue weighted by Crippen LogP contribution is 2.30. The van der Waals surface area contributed by atoms with Crippen molar-refractivity contribution in [1.82, 2.24) is 9.88 Å². The third kappa shape index (κ3) is 3.67. The van der Waals surface area contributed by atoms with Gasteiger partial charge in [0, 0.05) is 25.0 Å². The highest BCUT2D eigenvalue weighted by Gasteiger charge is 2.46. The molecule has 1 aromatic heterocycles. The first-order chi connectivity index (χ1) is 8.98. The summed E-state index contributed by atoms with van der Waals surface area (Å²) in [6.07, 6.45) is -1.67. The zero-order valence-corrected chi connectivity index (χ0v) is 10.5. The van der Waals surface area contributed by atoms with Crippen LogP contribution in [-0.4, -0.2) is 46.4 Å². The van der Waals surface area contributed by atoms with Gasteiger partial charge in [-0.25, -0.2) is 0 Å². The predicted molar refractivity (Wildman–Crippen MR) is 64.6 cm³/mol. The Balaban J connectivity index is 1.92. The van der Waals surface area contributed by atoms with Crippen LogP contribution in [0.15, 0.2) is 24.5 Å². The maximum atomic E-state index is 12.6. The molecule has 0 spiro atoms. The van der Waals surface area contributed by atoms with E-state index in [4.69, 9.17) is 0 Å². The van der Waals surface area contributed by atoms with Crippen molar-refractivity contribution in [3.05, 3.63) is 30.1 Å². The zero-order valence-electron chi connectivity index (χ0n) is 10.5. The van der Waals surface area contributed by atoms with Gasteiger partial charge in [-0.15, -0.1) is 0 Å². The van der Waals surface area contributed by atoms with E-state index >= 15 is 0 Å². The van der Waals surface area contributed by atoms with E-state index in [1.54, 1.807) is 17.3 Å². The van der Waals surface area contributed by atoms with Crippen molar-refractivity contribution in [1.29, 1.82) is 0 Å². The van der Waals surface area contributed by atoms with Gasteiger partial charge in [0.25, 0.3) is 0 Å². The minimum absolute atomic E-state index is 0.400. The number of aliphatic hydroxyl groups is 1. The van der Waals surface area contributed by atoms with Crippen LogP contribution in [0.1, 0.15) is 18.4 Å². The van der Waals surface area contributed by atoms with Gasteiger partial charge in [-0.2, -0.15) is 13.2 Å². The van der Waals surface area contributed by atoms with Crippen molar-refractivity contribution in [2.24, 2.45) is 0 Å². The molecule has 6 heteroatoms. The first-order valence-corrected chi connectivity index (χ1v) is 6.36. The SMILES string of the molecule is O[C@@H]([C@H]1CCCN1CCc1ccncc1)C(F)(F)F. The summed E-state index contributed by atoms with van der Waals surface area (Å²) in [6.45, 7) is 1.14. The largest absolute Gasteiger partial charge is 0.415 e. The Hall–Kier alpha value is -1.14. The Kier molecular flexibility index (Phi) is 4.42. The molecule has 1 saturated heterocycles. The Morgan fingerprint density at radius 2 is 2.05 bits per heavy atom. The Morgan fingerprint density at radius 3 is 2.68 bits per heavy atom. The summed E-state index contributed by atoms with van der Waals surface area (Å²) in [6, 6.07) is 2.90. The lowest BCUT2D eigenvalue weighted by atomic mass is 10.1. The molecular formula is C13H17F3N2O. The normalized spacial score (nSPS) is 22.6. The molecule has 2 rings (SSSR count). The predicted octanol–water partition coefficient (Wildman–Crippen LogP) is 2.01. The number of hydrogen-bond donors (Lipinski definition) is 1. The van der Waals surface area contributed by atoms with E-state index in [0.717, 1.165) is 5.56 Å². The van der Waals surface area contributed by atoms with Gasteiger partial charge in [-0.3, -0.25) is 9.88 Å². The Morgan fingerprint density at radius 1 is 1.37 bits per heavy atom. The zero-order chi connectivity index (χ0) is 13.9. The molecule has 1 aliphatic rings. The van der Waals surface area contributed by atoms with Crippen molar-refractivity contribution >= 4 is 0 Å². The highest BCUT2D eigenvalue weighted by atomic mass is 19.4. The number of rotatable bonds is 4. The van der Waals surface area contributed by atoms with Crippen molar-refractivity contribution in [2.75, 3.05) is 13.1 Å². The molecule has 2 atom stereocenters. The fraction of sp³-hybridized carbons (Fsp3) is 0.615. The summed E-state index contributed by atoms with van der Waals surface area (Å²) in [5, 5.41) is 9.38. The molecule has 2 heterocycles. The van der Waals surface area contributed by atoms with E-state index in [1.807, 2.05) is 12.1 Å². The molecule has 1 aliphatic heterocycles. The molecule has 0 amide bonds. The lowest BCUT2D eigenvalue weighted by Crippen LogP contribution is -2.47. The first-order valence-electron chi connectivity index (χ1n) is 6.36. The second-order valence-electron chi connectivity index (χ2n) is 4.84. The number of nitrogens with zero attached hydrogens (tertiary/aromatic N) is 2. The van der Waals surface area contributed by atoms with Crippen molar-refractivity contribution in [2.45, 2.75) is 37.6 Å². The molecule has 0 aromatic carbocycles. The second-order valence-corrected chi connectivity index (χ2v) is 4.84. The van der Waals surface area contributed by atoms with Gasteiger partial charge in [0.15, 0.2) is 6.10 Å². The number of likely N-dealkylation sites (tertiary alicyclic amines) is 1. The van der Waals surface area contributed by atoms with Crippen molar-refractivity contribution in [3.8, 4) is 0 Å². The Bertz CT molecular complexity index is 397. The third-order valence-electron chi connectivity index (χ3n) is 3.55. The van der Waals surface area contributed by atoms with Crippen molar-refractivity contribution in [3.63, 3.8) is 0 Å². The number of alkyl halides is 3. The molecule has 1 fully saturated rings. The maximum absolute atomic E-state index is 12.6. The molecule has 0 saturated carbocycles. The minimum atomic E-state index is -4.54. The van der Waals surface area contributed by atoms with Gasteiger partial charge in [0.2, 0.25) is 0 Å². The molecule has 1 N–H and O–H groups in total. The number of aromatic nitrogens is 1. The molecule has 1 aromatic rings. The number of halogens is 3. The molecule has 0 radical (unpaired) electrons. The third-order valence-corrected chi connectivity index (χ3v) is 3.55. The highest BCUT2D eigenvalue weighted by molar-refractivity contribution is 5.10. The van der Waals surface area contributed by atoms with Crippen LogP contribution in [0.3, 0.4) is 0 Å². The quantitative estimate of drug-likeness (QED) is 0.912. The van der Waals surface area contributed by atoms with Crippen molar-refractivity contribution < 1.29 is 18.3 Å². The summed E-state index contributed by atoms with van der Waals surface area (Å²) in [5.41, 5.74) is 1.04. The van der Waals surface area contributed by atoms with Crippen LogP contribution < -0.4 is 0 Å². The molecule has 19 heavy (non-hydrogen) atoms. The van der Waals surface area contributed by atoms with Gasteiger partial charge in [0.1, 0.15) is 0 Å². The van der Waals surface area contributed by atoms with Gasteiger partial charge < -0.3 is 5.11 Å². The second kappa shape index (κ2) is 5.88. The topological polar surface area (TPSA) is 36.4 Å². The molecular weight excluding hydrogens is 257 g/mol. The molecule has 0 bridgehead atoms. The molecule has 0 unspecified atom stereocenters. The number of pyridine rings is 1. The number of hydrogen-bond acceptors (Lipinski definition) is 3. The van der Waals surface area contributed by atoms with E-state index in [-0.39, 0.29) is 0 Å². The average molecular weight is 274 g/mol. The van der Waals surface area contributed by atoms with Crippen LogP contribution in [0.5, 0.6) is 0 Å². The summed E-state index contributed by atoms with van der Waals surface area (Å²) < 4.78 is 37.7. The van der Waals surface area contributed by atoms with E-state index in [2.05, 4.69) is 4.98 Å². The minimum Gasteiger partial charge on any atom is -0.382 e. The van der Waals surface area contributed by atoms with Crippen LogP contribution in [0.25, 0.3) is 0 Å². The molecule has 3 nitrogen and oxygen atoms in total. The fourth-order valence-corrected chi connectivity index (χ4v) is 2.53. The molecule has 106 valence electrons. The van der Waals surface area contributed by atoms with E-state index in [0.29, 0.717) is 32.4 Å². The van der Waals surface area contributed by atoms with E-state index < -0.39 is 18.3 Å². The standard InChI is InChI=1S/C13H17F3N2O/c14-13(15,16)12(19)11-2-1-8-18(11)9-5-10-3-6-17-7-4-10/h3-4,6-7,11-12,19H,1-2,5,8-9H2/t11-,12+/m1/s1. The number of aliphatic hydroxyl groups excluding tert-OH is 1. The first kappa shape index (κ1) is 14.3. The monoisotopic (exact) mass is 274 g/mol. The van der Waals surface area contributed by atoms with Gasteiger partial charge in [-0.05, 0) is 43.5 Å². The van der Waals surface area contributed by atoms with Crippen LogP contribution in [0.2, 0.25) is 0 Å². The van der Waals surface area contributed by atoms with E-state index in [9.17, 15) is 18.3 Å². The summed E-state index contributed by atoms with van der Waals surface area (Å²) in [7, 11) is 0. The van der Waals surface area contributed by atoms with Gasteiger partial charge in [-0.1, -0.05) is 0 Å². The summed E-state index contributed by atoms with van der Waals surface area (Å²) in [4.78, 5) is 5.63. The lowest BCUT2D eigenvalue weighted by molar-refractivity contribution is -0.219. The van der Waals surface area contributed by atoms with Crippen LogP contribution in [0, 0.1) is 0 Å². The molecule has 0 aliphatic carbocycles. The van der Waals surface area contributed by atoms with Gasteiger partial charge >= 0.3 is 6.18 Å². The maximum Gasteiger partial charge on any atom is 0.415 e. The Labute approximate surface area is 110 Å². The van der Waals surface area contributed by atoms with Crippen LogP contribution in [-0.2, 0) is 6.42 Å². The average Bonchev–Trinajstić information content (AvgIpc) is 2.83. The summed E-state index contributed by atoms with van der Waals surface area (Å²) in [5.74, 6) is 0. The van der Waals surface area contributed by atoms with Crippen LogP contribution >= 0.6 is 0 Å². The van der Waals surface area contributed by atoms with Crippen LogP contribution in [0.4, 0.5) is 13.2 Å². The summed E-state index contributed by atoms with van der Waals surface area (Å²) >= 11 is 0.